The van der Waals surface area contributed by atoms with Crippen LogP contribution in [0.2, 0.25) is 0 Å². The zero-order chi connectivity index (χ0) is 24.2. The van der Waals surface area contributed by atoms with Crippen LogP contribution in [-0.4, -0.2) is 30.3 Å². The first-order valence-electron chi connectivity index (χ1n) is 11.5. The minimum absolute atomic E-state index is 0.387. The average molecular weight is 446 g/mol. The third-order valence-corrected chi connectivity index (χ3v) is 6.33. The fourth-order valence-corrected chi connectivity index (χ4v) is 4.58. The molecule has 0 spiro atoms. The van der Waals surface area contributed by atoms with Crippen LogP contribution in [0.3, 0.4) is 0 Å². The van der Waals surface area contributed by atoms with Gasteiger partial charge in [0.2, 0.25) is 0 Å². The monoisotopic (exact) mass is 445 g/mol. The lowest BCUT2D eigenvalue weighted by Crippen LogP contribution is -2.57. The second kappa shape index (κ2) is 9.70. The molecule has 174 valence electrons. The minimum atomic E-state index is -0.562. The number of aryl methyl sites for hydroxylation is 2. The quantitative estimate of drug-likeness (QED) is 0.620. The van der Waals surface area contributed by atoms with Crippen molar-refractivity contribution in [2.75, 3.05) is 18.0 Å². The molecule has 2 aromatic carbocycles. The smallest absolute Gasteiger partial charge is 0.408 e. The Kier molecular flexibility index (Phi) is 7.17. The van der Waals surface area contributed by atoms with Gasteiger partial charge in [0.1, 0.15) is 11.7 Å². The predicted octanol–water partition coefficient (Wildman–Crippen LogP) is 5.92. The number of nitrogens with one attached hydrogen (secondary N) is 1. The zero-order valence-corrected chi connectivity index (χ0v) is 20.5. The van der Waals surface area contributed by atoms with E-state index >= 15 is 0 Å². The third-order valence-electron chi connectivity index (χ3n) is 6.33. The van der Waals surface area contributed by atoms with Crippen molar-refractivity contribution in [1.29, 1.82) is 5.26 Å². The molecule has 0 aromatic heterocycles. The molecule has 0 saturated carbocycles. The summed E-state index contributed by atoms with van der Waals surface area (Å²) in [5, 5.41) is 12.8. The summed E-state index contributed by atoms with van der Waals surface area (Å²) in [6.07, 6.45) is 3.72. The lowest BCUT2D eigenvalue weighted by Gasteiger charge is -2.44. The SMILES string of the molecule is C=Cc1cc(CC2(NC(=O)OC(C)(C)C)CCN(c3ccccc3C#N)CC2)c(C)cc1C. The largest absolute Gasteiger partial charge is 0.444 e. The number of nitriles is 1. The van der Waals surface area contributed by atoms with Crippen LogP contribution in [-0.2, 0) is 11.2 Å². The van der Waals surface area contributed by atoms with Gasteiger partial charge in [-0.3, -0.25) is 0 Å². The number of piperidine rings is 1. The number of carbonyl (C=O) groups is 1. The molecule has 1 amide bonds. The van der Waals surface area contributed by atoms with E-state index in [0.717, 1.165) is 37.2 Å². The Balaban J connectivity index is 1.89. The maximum Gasteiger partial charge on any atom is 0.408 e. The molecular formula is C28H35N3O2. The van der Waals surface area contributed by atoms with Crippen LogP contribution in [0.1, 0.15) is 61.4 Å². The summed E-state index contributed by atoms with van der Waals surface area (Å²) in [6.45, 7) is 15.3. The van der Waals surface area contributed by atoms with Crippen molar-refractivity contribution in [3.8, 4) is 6.07 Å². The zero-order valence-electron chi connectivity index (χ0n) is 20.5. The molecule has 0 bridgehead atoms. The van der Waals surface area contributed by atoms with E-state index in [1.54, 1.807) is 0 Å². The van der Waals surface area contributed by atoms with Crippen molar-refractivity contribution < 1.29 is 9.53 Å². The number of ether oxygens (including phenoxy) is 1. The molecule has 1 fully saturated rings. The standard InChI is InChI=1S/C28H35N3O2/c1-7-22-17-24(21(3)16-20(22)2)18-28(30-26(32)33-27(4,5)6)12-14-31(15-13-28)25-11-9-8-10-23(25)19-29/h7-11,16-17H,1,12-15,18H2,2-6H3,(H,30,32). The Morgan fingerprint density at radius 2 is 1.88 bits per heavy atom. The summed E-state index contributed by atoms with van der Waals surface area (Å²) in [5.41, 5.74) is 5.36. The molecule has 1 aliphatic heterocycles. The summed E-state index contributed by atoms with van der Waals surface area (Å²) in [4.78, 5) is 15.1. The van der Waals surface area contributed by atoms with Gasteiger partial charge in [-0.15, -0.1) is 0 Å². The van der Waals surface area contributed by atoms with Gasteiger partial charge < -0.3 is 15.0 Å². The molecule has 5 nitrogen and oxygen atoms in total. The number of anilines is 1. The molecule has 1 heterocycles. The first-order chi connectivity index (χ1) is 15.6. The number of carbonyl (C=O) groups excluding carboxylic acids is 1. The first-order valence-corrected chi connectivity index (χ1v) is 11.5. The molecule has 1 N–H and O–H groups in total. The van der Waals surface area contributed by atoms with Crippen LogP contribution in [0.4, 0.5) is 10.5 Å². The molecule has 0 unspecified atom stereocenters. The van der Waals surface area contributed by atoms with Gasteiger partial charge in [0.05, 0.1) is 16.8 Å². The summed E-state index contributed by atoms with van der Waals surface area (Å²) in [7, 11) is 0. The average Bonchev–Trinajstić information content (AvgIpc) is 2.75. The number of alkyl carbamates (subject to hydrolysis) is 1. The van der Waals surface area contributed by atoms with Gasteiger partial charge in [0.25, 0.3) is 0 Å². The number of benzene rings is 2. The summed E-state index contributed by atoms with van der Waals surface area (Å²) in [5.74, 6) is 0. The van der Waals surface area contributed by atoms with E-state index in [-0.39, 0.29) is 6.09 Å². The highest BCUT2D eigenvalue weighted by Crippen LogP contribution is 2.33. The molecule has 0 radical (unpaired) electrons. The van der Waals surface area contributed by atoms with Crippen LogP contribution >= 0.6 is 0 Å². The highest BCUT2D eigenvalue weighted by atomic mass is 16.6. The topological polar surface area (TPSA) is 65.4 Å². The molecule has 0 aliphatic carbocycles. The molecule has 3 rings (SSSR count). The minimum Gasteiger partial charge on any atom is -0.444 e. The lowest BCUT2D eigenvalue weighted by atomic mass is 9.80. The number of amides is 1. The highest BCUT2D eigenvalue weighted by Gasteiger charge is 2.38. The summed E-state index contributed by atoms with van der Waals surface area (Å²) >= 11 is 0. The van der Waals surface area contributed by atoms with Crippen molar-refractivity contribution in [3.05, 3.63) is 70.8 Å². The van der Waals surface area contributed by atoms with Crippen molar-refractivity contribution >= 4 is 17.9 Å². The predicted molar refractivity (Wildman–Crippen MR) is 134 cm³/mol. The Labute approximate surface area is 198 Å². The number of rotatable bonds is 5. The van der Waals surface area contributed by atoms with Crippen molar-refractivity contribution in [2.45, 2.75) is 65.0 Å². The van der Waals surface area contributed by atoms with E-state index in [4.69, 9.17) is 4.74 Å². The van der Waals surface area contributed by atoms with E-state index in [0.29, 0.717) is 12.0 Å². The summed E-state index contributed by atoms with van der Waals surface area (Å²) in [6, 6.07) is 14.4. The van der Waals surface area contributed by atoms with Gasteiger partial charge in [-0.2, -0.15) is 5.26 Å². The van der Waals surface area contributed by atoms with Crippen molar-refractivity contribution in [2.24, 2.45) is 0 Å². The Hall–Kier alpha value is -3.26. The van der Waals surface area contributed by atoms with Crippen molar-refractivity contribution in [3.63, 3.8) is 0 Å². The lowest BCUT2D eigenvalue weighted by molar-refractivity contribution is 0.0434. The Morgan fingerprint density at radius 1 is 1.21 bits per heavy atom. The molecule has 5 heteroatoms. The van der Waals surface area contributed by atoms with Gasteiger partial charge in [-0.25, -0.2) is 4.79 Å². The van der Waals surface area contributed by atoms with Crippen LogP contribution in [0.15, 0.2) is 43.0 Å². The molecule has 0 atom stereocenters. The molecule has 1 saturated heterocycles. The van der Waals surface area contributed by atoms with Gasteiger partial charge in [0.15, 0.2) is 0 Å². The van der Waals surface area contributed by atoms with Crippen LogP contribution in [0.5, 0.6) is 0 Å². The highest BCUT2D eigenvalue weighted by molar-refractivity contribution is 5.69. The maximum atomic E-state index is 12.8. The summed E-state index contributed by atoms with van der Waals surface area (Å²) < 4.78 is 5.62. The normalized spacial score (nSPS) is 15.5. The fourth-order valence-electron chi connectivity index (χ4n) is 4.58. The van der Waals surface area contributed by atoms with Gasteiger partial charge in [0, 0.05) is 13.1 Å². The molecule has 33 heavy (non-hydrogen) atoms. The fraction of sp³-hybridized carbons (Fsp3) is 0.429. The third kappa shape index (κ3) is 5.96. The van der Waals surface area contributed by atoms with Crippen molar-refractivity contribution in [1.82, 2.24) is 5.32 Å². The van der Waals surface area contributed by atoms with E-state index < -0.39 is 11.1 Å². The number of nitrogens with zero attached hydrogens (tertiary/aromatic N) is 2. The molecular weight excluding hydrogens is 410 g/mol. The van der Waals surface area contributed by atoms with E-state index in [2.05, 4.69) is 48.8 Å². The Morgan fingerprint density at radius 3 is 2.48 bits per heavy atom. The van der Waals surface area contributed by atoms with Crippen LogP contribution < -0.4 is 10.2 Å². The second-order valence-corrected chi connectivity index (χ2v) is 10.0. The van der Waals surface area contributed by atoms with Gasteiger partial charge in [-0.1, -0.05) is 36.9 Å². The maximum absolute atomic E-state index is 12.8. The number of para-hydroxylation sites is 1. The van der Waals surface area contributed by atoms with E-state index in [1.807, 2.05) is 51.1 Å². The van der Waals surface area contributed by atoms with E-state index in [1.165, 1.54) is 16.7 Å². The molecule has 1 aliphatic rings. The van der Waals surface area contributed by atoms with E-state index in [9.17, 15) is 10.1 Å². The second-order valence-electron chi connectivity index (χ2n) is 10.0. The van der Waals surface area contributed by atoms with Gasteiger partial charge >= 0.3 is 6.09 Å². The van der Waals surface area contributed by atoms with Crippen LogP contribution in [0.25, 0.3) is 6.08 Å². The van der Waals surface area contributed by atoms with Gasteiger partial charge in [-0.05, 0) is 88.3 Å². The Bertz CT molecular complexity index is 1070. The molecule has 2 aromatic rings. The van der Waals surface area contributed by atoms with Crippen LogP contribution in [0, 0.1) is 25.2 Å². The number of hydrogen-bond donors (Lipinski definition) is 1. The first kappa shape index (κ1) is 24.4. The number of hydrogen-bond acceptors (Lipinski definition) is 4.